The Morgan fingerprint density at radius 3 is 2.50 bits per heavy atom. The summed E-state index contributed by atoms with van der Waals surface area (Å²) in [7, 11) is 0. The first-order valence-corrected chi connectivity index (χ1v) is 12.1. The summed E-state index contributed by atoms with van der Waals surface area (Å²) >= 11 is 0. The first-order chi connectivity index (χ1) is 15.7. The normalized spacial score (nSPS) is 13.9. The van der Waals surface area contributed by atoms with Crippen LogP contribution in [-0.2, 0) is 11.2 Å². The van der Waals surface area contributed by atoms with Gasteiger partial charge in [-0.05, 0) is 61.4 Å². The molecule has 2 aromatic carbocycles. The summed E-state index contributed by atoms with van der Waals surface area (Å²) < 4.78 is 11.4. The van der Waals surface area contributed by atoms with Crippen molar-refractivity contribution in [2.75, 3.05) is 37.8 Å². The second-order valence-corrected chi connectivity index (χ2v) is 8.43. The zero-order chi connectivity index (χ0) is 22.8. The molecule has 1 aliphatic rings. The Bertz CT molecular complexity index is 863. The third-order valence-electron chi connectivity index (χ3n) is 5.98. The Labute approximate surface area is 192 Å². The summed E-state index contributed by atoms with van der Waals surface area (Å²) in [5, 5.41) is 9.82. The fraction of sp³-hybridized carbons (Fsp3) is 0.519. The van der Waals surface area contributed by atoms with E-state index in [4.69, 9.17) is 9.47 Å². The van der Waals surface area contributed by atoms with Crippen molar-refractivity contribution >= 4 is 11.7 Å². The molecular weight excluding hydrogens is 402 g/mol. The number of hydrogen-bond donors (Lipinski definition) is 1. The number of unbranched alkanes of at least 4 members (excludes halogenated alkanes) is 1. The van der Waals surface area contributed by atoms with E-state index < -0.39 is 5.97 Å². The molecule has 2 aromatic rings. The van der Waals surface area contributed by atoms with Crippen LogP contribution >= 0.6 is 0 Å². The smallest absolute Gasteiger partial charge is 0.336 e. The Balaban J connectivity index is 1.85. The molecular formula is C27H37NO4. The first kappa shape index (κ1) is 24.1. The number of carbonyl (C=O) groups is 1. The van der Waals surface area contributed by atoms with Crippen LogP contribution < -0.4 is 9.64 Å². The molecule has 0 spiro atoms. The molecule has 0 aromatic heterocycles. The molecule has 3 rings (SSSR count). The number of ether oxygens (including phenoxy) is 2. The van der Waals surface area contributed by atoms with Gasteiger partial charge >= 0.3 is 5.97 Å². The fourth-order valence-corrected chi connectivity index (χ4v) is 4.37. The Morgan fingerprint density at radius 2 is 1.78 bits per heavy atom. The van der Waals surface area contributed by atoms with Gasteiger partial charge in [0.25, 0.3) is 0 Å². The van der Waals surface area contributed by atoms with Crippen LogP contribution in [0.25, 0.3) is 11.1 Å². The van der Waals surface area contributed by atoms with Crippen molar-refractivity contribution in [3.8, 4) is 16.9 Å². The van der Waals surface area contributed by atoms with Crippen LogP contribution in [0.5, 0.6) is 5.75 Å². The largest absolute Gasteiger partial charge is 0.491 e. The van der Waals surface area contributed by atoms with Crippen molar-refractivity contribution in [3.63, 3.8) is 0 Å². The summed E-state index contributed by atoms with van der Waals surface area (Å²) in [6.45, 7) is 8.15. The van der Waals surface area contributed by atoms with Gasteiger partial charge < -0.3 is 19.5 Å². The van der Waals surface area contributed by atoms with Crippen molar-refractivity contribution in [1.82, 2.24) is 0 Å². The predicted molar refractivity (Wildman–Crippen MR) is 130 cm³/mol. The fourth-order valence-electron chi connectivity index (χ4n) is 4.37. The van der Waals surface area contributed by atoms with E-state index in [-0.39, 0.29) is 0 Å². The maximum Gasteiger partial charge on any atom is 0.336 e. The van der Waals surface area contributed by atoms with E-state index in [1.54, 1.807) is 6.07 Å². The number of nitrogens with zero attached hydrogens (tertiary/aromatic N) is 1. The van der Waals surface area contributed by atoms with E-state index in [1.165, 1.54) is 0 Å². The van der Waals surface area contributed by atoms with Crippen LogP contribution in [0, 0.1) is 0 Å². The number of benzene rings is 2. The number of carboxylic acids is 1. The van der Waals surface area contributed by atoms with Crippen LogP contribution in [0.1, 0.15) is 68.3 Å². The Hall–Kier alpha value is -2.53. The number of carboxylic acid groups (broad SMARTS) is 1. The van der Waals surface area contributed by atoms with Gasteiger partial charge in [0.1, 0.15) is 12.4 Å². The van der Waals surface area contributed by atoms with Gasteiger partial charge in [-0.25, -0.2) is 4.79 Å². The average Bonchev–Trinajstić information content (AvgIpc) is 2.78. The molecule has 32 heavy (non-hydrogen) atoms. The van der Waals surface area contributed by atoms with Gasteiger partial charge in [0.05, 0.1) is 12.2 Å². The standard InChI is InChI=1S/C27H37NO4/c1-3-5-18-31-19-20-32-22-12-10-21(11-13-22)23-14-15-25(27(29)30)24-9-7-6-8-17-28(16-4-2)26(23)24/h10-15H,3-9,16-20H2,1-2H3,(H,29,30). The highest BCUT2D eigenvalue weighted by Gasteiger charge is 2.23. The molecule has 0 saturated heterocycles. The minimum absolute atomic E-state index is 0.440. The number of aromatic carboxylic acids is 1. The summed E-state index contributed by atoms with van der Waals surface area (Å²) in [5.74, 6) is -0.0157. The highest BCUT2D eigenvalue weighted by molar-refractivity contribution is 5.95. The van der Waals surface area contributed by atoms with E-state index in [9.17, 15) is 9.90 Å². The van der Waals surface area contributed by atoms with Crippen molar-refractivity contribution in [2.45, 2.75) is 58.8 Å². The highest BCUT2D eigenvalue weighted by Crippen LogP contribution is 2.39. The molecule has 0 bridgehead atoms. The molecule has 0 atom stereocenters. The van der Waals surface area contributed by atoms with Gasteiger partial charge in [0.2, 0.25) is 0 Å². The third-order valence-corrected chi connectivity index (χ3v) is 5.98. The molecule has 1 N–H and O–H groups in total. The summed E-state index contributed by atoms with van der Waals surface area (Å²) in [4.78, 5) is 14.4. The van der Waals surface area contributed by atoms with Gasteiger partial charge in [0, 0.05) is 30.9 Å². The van der Waals surface area contributed by atoms with Crippen LogP contribution in [0.2, 0.25) is 0 Å². The van der Waals surface area contributed by atoms with E-state index in [0.717, 1.165) is 92.8 Å². The number of rotatable bonds is 11. The lowest BCUT2D eigenvalue weighted by molar-refractivity contribution is 0.0695. The van der Waals surface area contributed by atoms with Crippen molar-refractivity contribution < 1.29 is 19.4 Å². The molecule has 1 heterocycles. The zero-order valence-corrected chi connectivity index (χ0v) is 19.6. The zero-order valence-electron chi connectivity index (χ0n) is 19.6. The van der Waals surface area contributed by atoms with E-state index in [0.29, 0.717) is 18.8 Å². The molecule has 0 unspecified atom stereocenters. The maximum absolute atomic E-state index is 12.0. The van der Waals surface area contributed by atoms with Gasteiger partial charge in [-0.3, -0.25) is 0 Å². The van der Waals surface area contributed by atoms with Gasteiger partial charge in [-0.2, -0.15) is 0 Å². The SMILES string of the molecule is CCCCOCCOc1ccc(-c2ccc(C(=O)O)c3c2N(CCC)CCCCC3)cc1. The van der Waals surface area contributed by atoms with Gasteiger partial charge in [-0.1, -0.05) is 44.9 Å². The van der Waals surface area contributed by atoms with E-state index in [2.05, 4.69) is 30.9 Å². The molecule has 0 fully saturated rings. The molecule has 5 nitrogen and oxygen atoms in total. The first-order valence-electron chi connectivity index (χ1n) is 12.1. The highest BCUT2D eigenvalue weighted by atomic mass is 16.5. The summed E-state index contributed by atoms with van der Waals surface area (Å²) in [6.07, 6.45) is 7.36. The molecule has 0 aliphatic carbocycles. The average molecular weight is 440 g/mol. The lowest BCUT2D eigenvalue weighted by Gasteiger charge is -2.32. The number of anilines is 1. The molecule has 0 amide bonds. The van der Waals surface area contributed by atoms with E-state index >= 15 is 0 Å². The summed E-state index contributed by atoms with van der Waals surface area (Å²) in [6, 6.07) is 11.9. The van der Waals surface area contributed by atoms with Crippen molar-refractivity contribution in [1.29, 1.82) is 0 Å². The molecule has 0 saturated carbocycles. The molecule has 5 heteroatoms. The topological polar surface area (TPSA) is 59.0 Å². The van der Waals surface area contributed by atoms with Crippen LogP contribution in [-0.4, -0.2) is 44.0 Å². The lowest BCUT2D eigenvalue weighted by atomic mass is 9.90. The van der Waals surface area contributed by atoms with Gasteiger partial charge in [-0.15, -0.1) is 0 Å². The van der Waals surface area contributed by atoms with Crippen molar-refractivity contribution in [3.05, 3.63) is 47.5 Å². The Morgan fingerprint density at radius 1 is 0.969 bits per heavy atom. The number of fused-ring (bicyclic) bond motifs is 1. The third kappa shape index (κ3) is 6.26. The van der Waals surface area contributed by atoms with Crippen LogP contribution in [0.4, 0.5) is 5.69 Å². The van der Waals surface area contributed by atoms with E-state index in [1.807, 2.05) is 18.2 Å². The second-order valence-electron chi connectivity index (χ2n) is 8.43. The summed E-state index contributed by atoms with van der Waals surface area (Å²) in [5.41, 5.74) is 4.72. The quantitative estimate of drug-likeness (QED) is 0.423. The lowest BCUT2D eigenvalue weighted by Crippen LogP contribution is -2.29. The minimum Gasteiger partial charge on any atom is -0.491 e. The molecule has 1 aliphatic heterocycles. The van der Waals surface area contributed by atoms with Crippen LogP contribution in [0.15, 0.2) is 36.4 Å². The molecule has 0 radical (unpaired) electrons. The number of hydrogen-bond acceptors (Lipinski definition) is 4. The maximum atomic E-state index is 12.0. The van der Waals surface area contributed by atoms with Crippen molar-refractivity contribution in [2.24, 2.45) is 0 Å². The van der Waals surface area contributed by atoms with Crippen LogP contribution in [0.3, 0.4) is 0 Å². The van der Waals surface area contributed by atoms with Gasteiger partial charge in [0.15, 0.2) is 0 Å². The predicted octanol–water partition coefficient (Wildman–Crippen LogP) is 6.19. The minimum atomic E-state index is -0.838. The Kier molecular flexibility index (Phi) is 9.42. The monoisotopic (exact) mass is 439 g/mol. The molecule has 174 valence electrons. The second kappa shape index (κ2) is 12.5.